The fourth-order valence-electron chi connectivity index (χ4n) is 3.34. The van der Waals surface area contributed by atoms with E-state index in [2.05, 4.69) is 34.5 Å². The molecule has 6 nitrogen and oxygen atoms in total. The maximum atomic E-state index is 11.7. The molecular formula is C25H39N3O3. The molecule has 1 heterocycles. The first kappa shape index (κ1) is 24.9. The van der Waals surface area contributed by atoms with Crippen LogP contribution in [0.2, 0.25) is 0 Å². The highest BCUT2D eigenvalue weighted by molar-refractivity contribution is 5.67. The second kappa shape index (κ2) is 13.1. The Morgan fingerprint density at radius 1 is 0.968 bits per heavy atom. The molecule has 0 unspecified atom stereocenters. The van der Waals surface area contributed by atoms with E-state index in [0.29, 0.717) is 24.7 Å². The number of amides is 1. The summed E-state index contributed by atoms with van der Waals surface area (Å²) in [6.45, 7) is 8.14. The molecule has 0 spiro atoms. The third kappa shape index (κ3) is 10.5. The van der Waals surface area contributed by atoms with Crippen molar-refractivity contribution in [3.8, 4) is 11.4 Å². The first-order valence-electron chi connectivity index (χ1n) is 11.8. The highest BCUT2D eigenvalue weighted by atomic mass is 16.6. The second-order valence-corrected chi connectivity index (χ2v) is 9.11. The first-order valence-corrected chi connectivity index (χ1v) is 11.8. The lowest BCUT2D eigenvalue weighted by Crippen LogP contribution is -2.33. The number of carbonyl (C=O) groups is 1. The molecule has 1 aromatic heterocycles. The number of nitrogens with zero attached hydrogens (tertiary/aromatic N) is 2. The lowest BCUT2D eigenvalue weighted by atomic mass is 10.0. The zero-order valence-electron chi connectivity index (χ0n) is 19.7. The van der Waals surface area contributed by atoms with Crippen LogP contribution in [0, 0.1) is 0 Å². The number of alkyl carbamates (subject to hydrolysis) is 1. The molecule has 1 N–H and O–H groups in total. The van der Waals surface area contributed by atoms with E-state index in [1.54, 1.807) is 0 Å². The fraction of sp³-hybridized carbons (Fsp3) is 0.640. The summed E-state index contributed by atoms with van der Waals surface area (Å²) in [5, 5.41) is 6.76. The minimum Gasteiger partial charge on any atom is -0.444 e. The number of carbonyl (C=O) groups excluding carboxylic acids is 1. The fourth-order valence-corrected chi connectivity index (χ4v) is 3.34. The second-order valence-electron chi connectivity index (χ2n) is 9.11. The van der Waals surface area contributed by atoms with Crippen LogP contribution < -0.4 is 5.32 Å². The number of rotatable bonds is 13. The van der Waals surface area contributed by atoms with Crippen molar-refractivity contribution in [2.45, 2.75) is 97.5 Å². The number of aromatic nitrogens is 2. The maximum absolute atomic E-state index is 11.7. The Kier molecular flexibility index (Phi) is 10.5. The van der Waals surface area contributed by atoms with Crippen LogP contribution in [0.1, 0.15) is 90.5 Å². The van der Waals surface area contributed by atoms with Crippen molar-refractivity contribution in [3.05, 3.63) is 35.7 Å². The third-order valence-electron chi connectivity index (χ3n) is 5.01. The van der Waals surface area contributed by atoms with Crippen LogP contribution >= 0.6 is 0 Å². The summed E-state index contributed by atoms with van der Waals surface area (Å²) in [5.41, 5.74) is 1.78. The van der Waals surface area contributed by atoms with Crippen LogP contribution in [0.15, 0.2) is 28.8 Å². The summed E-state index contributed by atoms with van der Waals surface area (Å²) in [4.78, 5) is 16.1. The zero-order chi connectivity index (χ0) is 22.5. The molecule has 0 aliphatic carbocycles. The number of aryl methyl sites for hydroxylation is 1. The monoisotopic (exact) mass is 429 g/mol. The summed E-state index contributed by atoms with van der Waals surface area (Å²) < 4.78 is 10.5. The number of hydrogen-bond acceptors (Lipinski definition) is 5. The van der Waals surface area contributed by atoms with Crippen molar-refractivity contribution in [1.29, 1.82) is 0 Å². The average molecular weight is 430 g/mol. The molecule has 6 heteroatoms. The van der Waals surface area contributed by atoms with E-state index in [4.69, 9.17) is 9.26 Å². The summed E-state index contributed by atoms with van der Waals surface area (Å²) in [5.74, 6) is 1.07. The van der Waals surface area contributed by atoms with E-state index < -0.39 is 11.7 Å². The SMILES string of the molecule is CCCCCCCCCCc1ccc(-c2noc(CCNC(=O)OC(C)(C)C)n2)cc1. The van der Waals surface area contributed by atoms with Gasteiger partial charge in [0.1, 0.15) is 5.60 Å². The molecule has 0 aliphatic rings. The van der Waals surface area contributed by atoms with Crippen molar-refractivity contribution >= 4 is 6.09 Å². The number of nitrogens with one attached hydrogen (secondary N) is 1. The van der Waals surface area contributed by atoms with Crippen molar-refractivity contribution in [1.82, 2.24) is 15.5 Å². The van der Waals surface area contributed by atoms with E-state index in [9.17, 15) is 4.79 Å². The molecule has 31 heavy (non-hydrogen) atoms. The summed E-state index contributed by atoms with van der Waals surface area (Å²) in [6, 6.07) is 8.40. The average Bonchev–Trinajstić information content (AvgIpc) is 3.18. The Morgan fingerprint density at radius 2 is 1.61 bits per heavy atom. The van der Waals surface area contributed by atoms with Crippen molar-refractivity contribution < 1.29 is 14.1 Å². The highest BCUT2D eigenvalue weighted by Crippen LogP contribution is 2.18. The van der Waals surface area contributed by atoms with Crippen LogP contribution in [0.25, 0.3) is 11.4 Å². The summed E-state index contributed by atoms with van der Waals surface area (Å²) in [6.07, 6.45) is 11.8. The van der Waals surface area contributed by atoms with Crippen molar-refractivity contribution in [2.75, 3.05) is 6.54 Å². The molecule has 1 aromatic carbocycles. The zero-order valence-corrected chi connectivity index (χ0v) is 19.7. The molecule has 2 aromatic rings. The molecule has 1 amide bonds. The Morgan fingerprint density at radius 3 is 2.26 bits per heavy atom. The normalized spacial score (nSPS) is 11.5. The standard InChI is InChI=1S/C25H39N3O3/c1-5-6-7-8-9-10-11-12-13-20-14-16-21(17-15-20)23-27-22(31-28-23)18-19-26-24(29)30-25(2,3)4/h14-17H,5-13,18-19H2,1-4H3,(H,26,29). The van der Waals surface area contributed by atoms with Crippen molar-refractivity contribution in [2.24, 2.45) is 0 Å². The van der Waals surface area contributed by atoms with E-state index in [0.717, 1.165) is 12.0 Å². The molecule has 172 valence electrons. The third-order valence-corrected chi connectivity index (χ3v) is 5.01. The van der Waals surface area contributed by atoms with Gasteiger partial charge in [-0.15, -0.1) is 0 Å². The number of benzene rings is 1. The molecule has 0 saturated heterocycles. The molecular weight excluding hydrogens is 390 g/mol. The van der Waals surface area contributed by atoms with Crippen molar-refractivity contribution in [3.63, 3.8) is 0 Å². The van der Waals surface area contributed by atoms with Gasteiger partial charge >= 0.3 is 6.09 Å². The molecule has 0 fully saturated rings. The molecule has 0 saturated carbocycles. The molecule has 0 aliphatic heterocycles. The van der Waals surface area contributed by atoms with Gasteiger partial charge in [-0.05, 0) is 39.2 Å². The Balaban J connectivity index is 1.68. The molecule has 2 rings (SSSR count). The van der Waals surface area contributed by atoms with Crippen LogP contribution in [-0.2, 0) is 17.6 Å². The van der Waals surface area contributed by atoms with Crippen LogP contribution in [0.5, 0.6) is 0 Å². The summed E-state index contributed by atoms with van der Waals surface area (Å²) in [7, 11) is 0. The van der Waals surface area contributed by atoms with Gasteiger partial charge in [-0.3, -0.25) is 0 Å². The van der Waals surface area contributed by atoms with E-state index in [-0.39, 0.29) is 0 Å². The number of unbranched alkanes of at least 4 members (excludes halogenated alkanes) is 7. The van der Waals surface area contributed by atoms with Gasteiger partial charge in [-0.2, -0.15) is 4.98 Å². The van der Waals surface area contributed by atoms with Gasteiger partial charge < -0.3 is 14.6 Å². The van der Waals surface area contributed by atoms with Gasteiger partial charge in [0.25, 0.3) is 0 Å². The van der Waals surface area contributed by atoms with Gasteiger partial charge in [0.2, 0.25) is 11.7 Å². The Hall–Kier alpha value is -2.37. The number of ether oxygens (including phenoxy) is 1. The van der Waals surface area contributed by atoms with Crippen LogP contribution in [0.3, 0.4) is 0 Å². The number of hydrogen-bond donors (Lipinski definition) is 1. The van der Waals surface area contributed by atoms with Crippen LogP contribution in [-0.4, -0.2) is 28.4 Å². The van der Waals surface area contributed by atoms with Gasteiger partial charge in [-0.1, -0.05) is 81.3 Å². The molecule has 0 radical (unpaired) electrons. The van der Waals surface area contributed by atoms with E-state index >= 15 is 0 Å². The Labute approximate surface area is 187 Å². The first-order chi connectivity index (χ1) is 14.9. The lowest BCUT2D eigenvalue weighted by molar-refractivity contribution is 0.0527. The van der Waals surface area contributed by atoms with Gasteiger partial charge in [0.15, 0.2) is 0 Å². The van der Waals surface area contributed by atoms with Gasteiger partial charge in [0.05, 0.1) is 0 Å². The molecule has 0 atom stereocenters. The Bertz CT molecular complexity index is 763. The van der Waals surface area contributed by atoms with Gasteiger partial charge in [0, 0.05) is 18.5 Å². The minimum atomic E-state index is -0.512. The topological polar surface area (TPSA) is 77.2 Å². The summed E-state index contributed by atoms with van der Waals surface area (Å²) >= 11 is 0. The smallest absolute Gasteiger partial charge is 0.407 e. The predicted molar refractivity (Wildman–Crippen MR) is 124 cm³/mol. The predicted octanol–water partition coefficient (Wildman–Crippen LogP) is 6.49. The van der Waals surface area contributed by atoms with Crippen LogP contribution in [0.4, 0.5) is 4.79 Å². The molecule has 0 bridgehead atoms. The maximum Gasteiger partial charge on any atom is 0.407 e. The minimum absolute atomic E-state index is 0.383. The van der Waals surface area contributed by atoms with E-state index in [1.165, 1.54) is 56.9 Å². The quantitative estimate of drug-likeness (QED) is 0.368. The largest absolute Gasteiger partial charge is 0.444 e. The van der Waals surface area contributed by atoms with E-state index in [1.807, 2.05) is 32.9 Å². The highest BCUT2D eigenvalue weighted by Gasteiger charge is 2.16. The van der Waals surface area contributed by atoms with Gasteiger partial charge in [-0.25, -0.2) is 4.79 Å². The lowest BCUT2D eigenvalue weighted by Gasteiger charge is -2.19.